The van der Waals surface area contributed by atoms with Gasteiger partial charge in [-0.1, -0.05) is 30.3 Å². The average Bonchev–Trinajstić information content (AvgIpc) is 3.07. The lowest BCUT2D eigenvalue weighted by atomic mass is 9.92. The number of aryl methyl sites for hydroxylation is 1. The zero-order chi connectivity index (χ0) is 18.1. The Morgan fingerprint density at radius 3 is 2.85 bits per heavy atom. The van der Waals surface area contributed by atoms with Gasteiger partial charge in [0.15, 0.2) is 0 Å². The minimum absolute atomic E-state index is 0.133. The maximum atomic E-state index is 12.1. The first-order valence-electron chi connectivity index (χ1n) is 8.70. The van der Waals surface area contributed by atoms with E-state index < -0.39 is 0 Å². The lowest BCUT2D eigenvalue weighted by Gasteiger charge is -2.25. The van der Waals surface area contributed by atoms with Gasteiger partial charge in [-0.2, -0.15) is 10.2 Å². The van der Waals surface area contributed by atoms with Crippen LogP contribution in [0, 0.1) is 0 Å². The van der Waals surface area contributed by atoms with Gasteiger partial charge in [-0.3, -0.25) is 9.48 Å². The molecule has 0 amide bonds. The number of anilines is 1. The van der Waals surface area contributed by atoms with Gasteiger partial charge in [-0.25, -0.2) is 4.68 Å². The molecular formula is C19H20BrN5O. The van der Waals surface area contributed by atoms with Crippen LogP contribution in [-0.2, 0) is 20.0 Å². The molecule has 3 aromatic rings. The van der Waals surface area contributed by atoms with E-state index in [1.807, 2.05) is 12.3 Å². The fourth-order valence-corrected chi connectivity index (χ4v) is 3.93. The second kappa shape index (κ2) is 7.07. The van der Waals surface area contributed by atoms with Gasteiger partial charge in [0.25, 0.3) is 5.56 Å². The second-order valence-electron chi connectivity index (χ2n) is 6.58. The smallest absolute Gasteiger partial charge is 0.282 e. The van der Waals surface area contributed by atoms with Crippen molar-refractivity contribution in [2.45, 2.75) is 31.8 Å². The van der Waals surface area contributed by atoms with Crippen LogP contribution in [0.15, 0.2) is 52.0 Å². The number of nitrogens with one attached hydrogen (secondary N) is 1. The molecule has 7 heteroatoms. The highest BCUT2D eigenvalue weighted by atomic mass is 79.9. The highest BCUT2D eigenvalue weighted by molar-refractivity contribution is 9.10. The summed E-state index contributed by atoms with van der Waals surface area (Å²) in [6.07, 6.45) is 6.76. The van der Waals surface area contributed by atoms with E-state index in [0.717, 1.165) is 31.5 Å². The summed E-state index contributed by atoms with van der Waals surface area (Å²) in [5.74, 6) is 0. The van der Waals surface area contributed by atoms with Gasteiger partial charge >= 0.3 is 0 Å². The normalized spacial score (nSPS) is 16.3. The van der Waals surface area contributed by atoms with Crippen molar-refractivity contribution in [1.82, 2.24) is 19.6 Å². The Kier molecular flexibility index (Phi) is 4.63. The molecule has 1 aromatic carbocycles. The van der Waals surface area contributed by atoms with Crippen LogP contribution in [0.2, 0.25) is 0 Å². The van der Waals surface area contributed by atoms with Gasteiger partial charge in [0.2, 0.25) is 0 Å². The number of benzene rings is 1. The number of nitrogens with zero attached hydrogens (tertiary/aromatic N) is 4. The van der Waals surface area contributed by atoms with Gasteiger partial charge in [0, 0.05) is 18.3 Å². The first-order chi connectivity index (χ1) is 12.6. The Bertz CT molecular complexity index is 979. The van der Waals surface area contributed by atoms with E-state index in [0.29, 0.717) is 4.47 Å². The zero-order valence-electron chi connectivity index (χ0n) is 14.5. The second-order valence-corrected chi connectivity index (χ2v) is 7.37. The lowest BCUT2D eigenvalue weighted by Crippen LogP contribution is -2.24. The van der Waals surface area contributed by atoms with Crippen LogP contribution in [0.4, 0.5) is 5.69 Å². The summed E-state index contributed by atoms with van der Waals surface area (Å²) in [7, 11) is 1.64. The molecule has 1 N–H and O–H groups in total. The Balaban J connectivity index is 1.61. The molecule has 1 unspecified atom stereocenters. The number of halogens is 1. The molecule has 0 saturated heterocycles. The van der Waals surface area contributed by atoms with E-state index in [-0.39, 0.29) is 11.6 Å². The molecule has 0 radical (unpaired) electrons. The van der Waals surface area contributed by atoms with Crippen molar-refractivity contribution in [3.8, 4) is 0 Å². The van der Waals surface area contributed by atoms with E-state index >= 15 is 0 Å². The van der Waals surface area contributed by atoms with Crippen LogP contribution >= 0.6 is 15.9 Å². The third-order valence-electron chi connectivity index (χ3n) is 4.85. The molecule has 0 aliphatic heterocycles. The van der Waals surface area contributed by atoms with Crippen LogP contribution in [0.1, 0.15) is 35.7 Å². The lowest BCUT2D eigenvalue weighted by molar-refractivity contribution is 0.555. The molecule has 0 spiro atoms. The van der Waals surface area contributed by atoms with Crippen LogP contribution < -0.4 is 10.9 Å². The van der Waals surface area contributed by atoms with Crippen molar-refractivity contribution in [1.29, 1.82) is 0 Å². The molecule has 4 rings (SSSR count). The predicted molar refractivity (Wildman–Crippen MR) is 104 cm³/mol. The summed E-state index contributed by atoms with van der Waals surface area (Å²) in [5, 5.41) is 12.2. The summed E-state index contributed by atoms with van der Waals surface area (Å²) in [6.45, 7) is 0.778. The number of hydrogen-bond donors (Lipinski definition) is 1. The molecule has 0 bridgehead atoms. The summed E-state index contributed by atoms with van der Waals surface area (Å²) in [4.78, 5) is 12.1. The van der Waals surface area contributed by atoms with Crippen molar-refractivity contribution < 1.29 is 0 Å². The first kappa shape index (κ1) is 17.0. The van der Waals surface area contributed by atoms with Crippen molar-refractivity contribution in [3.05, 3.63) is 74.4 Å². The Hall–Kier alpha value is -2.41. The Morgan fingerprint density at radius 2 is 2.04 bits per heavy atom. The van der Waals surface area contributed by atoms with Gasteiger partial charge in [0.1, 0.15) is 4.47 Å². The zero-order valence-corrected chi connectivity index (χ0v) is 16.1. The first-order valence-corrected chi connectivity index (χ1v) is 9.49. The van der Waals surface area contributed by atoms with Crippen LogP contribution in [0.5, 0.6) is 0 Å². The third kappa shape index (κ3) is 3.19. The molecule has 0 fully saturated rings. The van der Waals surface area contributed by atoms with Crippen molar-refractivity contribution in [2.75, 3.05) is 5.32 Å². The monoisotopic (exact) mass is 413 g/mol. The highest BCUT2D eigenvalue weighted by Crippen LogP contribution is 2.33. The standard InChI is InChI=1S/C19H20BrN5O/c1-24-19(26)18(20)16(11-21-24)23-15-8-5-9-17-14(15)10-22-25(17)12-13-6-3-2-4-7-13/h2-4,6-7,10-11,15,23H,5,8-9,12H2,1H3. The topological polar surface area (TPSA) is 64.7 Å². The molecular weight excluding hydrogens is 394 g/mol. The van der Waals surface area contributed by atoms with Crippen molar-refractivity contribution in [2.24, 2.45) is 7.05 Å². The fraction of sp³-hybridized carbons (Fsp3) is 0.316. The quantitative estimate of drug-likeness (QED) is 0.712. The largest absolute Gasteiger partial charge is 0.376 e. The van der Waals surface area contributed by atoms with E-state index in [4.69, 9.17) is 0 Å². The van der Waals surface area contributed by atoms with Gasteiger partial charge in [0.05, 0.1) is 30.7 Å². The summed E-state index contributed by atoms with van der Waals surface area (Å²) in [6, 6.07) is 10.5. The summed E-state index contributed by atoms with van der Waals surface area (Å²) < 4.78 is 3.92. The van der Waals surface area contributed by atoms with E-state index in [1.54, 1.807) is 13.2 Å². The molecule has 1 aliphatic carbocycles. The van der Waals surface area contributed by atoms with Gasteiger partial charge in [-0.05, 0) is 40.8 Å². The average molecular weight is 414 g/mol. The Labute approximate surface area is 160 Å². The maximum absolute atomic E-state index is 12.1. The SMILES string of the molecule is Cn1ncc(NC2CCCc3c2cnn3Cc2ccccc2)c(Br)c1=O. The molecule has 134 valence electrons. The molecule has 2 heterocycles. The number of hydrogen-bond acceptors (Lipinski definition) is 4. The molecule has 0 saturated carbocycles. The summed E-state index contributed by atoms with van der Waals surface area (Å²) in [5.41, 5.74) is 4.30. The summed E-state index contributed by atoms with van der Waals surface area (Å²) >= 11 is 3.39. The van der Waals surface area contributed by atoms with E-state index in [1.165, 1.54) is 21.5 Å². The third-order valence-corrected chi connectivity index (χ3v) is 5.61. The van der Waals surface area contributed by atoms with Gasteiger partial charge in [-0.15, -0.1) is 0 Å². The van der Waals surface area contributed by atoms with Crippen molar-refractivity contribution in [3.63, 3.8) is 0 Å². The number of aromatic nitrogens is 4. The minimum atomic E-state index is -0.147. The molecule has 1 atom stereocenters. The number of fused-ring (bicyclic) bond motifs is 1. The number of rotatable bonds is 4. The van der Waals surface area contributed by atoms with E-state index in [9.17, 15) is 4.79 Å². The van der Waals surface area contributed by atoms with Crippen LogP contribution in [-0.4, -0.2) is 19.6 Å². The maximum Gasteiger partial charge on any atom is 0.282 e. The predicted octanol–water partition coefficient (Wildman–Crippen LogP) is 3.28. The Morgan fingerprint density at radius 1 is 1.23 bits per heavy atom. The van der Waals surface area contributed by atoms with Crippen LogP contribution in [0.25, 0.3) is 0 Å². The van der Waals surface area contributed by atoms with Crippen LogP contribution in [0.3, 0.4) is 0 Å². The molecule has 26 heavy (non-hydrogen) atoms. The molecule has 6 nitrogen and oxygen atoms in total. The van der Waals surface area contributed by atoms with E-state index in [2.05, 4.69) is 60.4 Å². The molecule has 1 aliphatic rings. The molecule has 2 aromatic heterocycles. The van der Waals surface area contributed by atoms with Gasteiger partial charge < -0.3 is 5.32 Å². The van der Waals surface area contributed by atoms with Crippen molar-refractivity contribution >= 4 is 21.6 Å². The fourth-order valence-electron chi connectivity index (χ4n) is 3.46. The minimum Gasteiger partial charge on any atom is -0.376 e. The highest BCUT2D eigenvalue weighted by Gasteiger charge is 2.25.